The fourth-order valence-corrected chi connectivity index (χ4v) is 3.76. The van der Waals surface area contributed by atoms with Crippen LogP contribution in [0.1, 0.15) is 15.3 Å². The topological polar surface area (TPSA) is 79.6 Å². The van der Waals surface area contributed by atoms with E-state index in [1.54, 1.807) is 34.8 Å². The molecule has 3 rings (SSSR count). The van der Waals surface area contributed by atoms with Crippen molar-refractivity contribution in [3.05, 3.63) is 84.7 Å². The van der Waals surface area contributed by atoms with E-state index in [-0.39, 0.29) is 29.7 Å². The van der Waals surface area contributed by atoms with E-state index in [9.17, 15) is 10.1 Å². The van der Waals surface area contributed by atoms with Crippen molar-refractivity contribution in [3.8, 4) is 0 Å². The molecule has 28 heavy (non-hydrogen) atoms. The summed E-state index contributed by atoms with van der Waals surface area (Å²) in [7, 11) is 0. The van der Waals surface area contributed by atoms with Gasteiger partial charge in [0.15, 0.2) is 5.96 Å². The number of rotatable bonds is 8. The van der Waals surface area contributed by atoms with Crippen molar-refractivity contribution in [2.24, 2.45) is 4.99 Å². The van der Waals surface area contributed by atoms with Crippen LogP contribution in [0.4, 0.5) is 5.69 Å². The second-order valence-corrected chi connectivity index (χ2v) is 7.84. The molecule has 0 atom stereocenters. The highest BCUT2D eigenvalue weighted by molar-refractivity contribution is 14.0. The van der Waals surface area contributed by atoms with Gasteiger partial charge in [0.1, 0.15) is 0 Å². The van der Waals surface area contributed by atoms with E-state index in [0.717, 1.165) is 24.5 Å². The van der Waals surface area contributed by atoms with Gasteiger partial charge in [-0.2, -0.15) is 0 Å². The van der Waals surface area contributed by atoms with Crippen LogP contribution in [0.3, 0.4) is 0 Å². The van der Waals surface area contributed by atoms with Gasteiger partial charge in [0, 0.05) is 28.4 Å². The van der Waals surface area contributed by atoms with Crippen LogP contribution < -0.4 is 10.6 Å². The van der Waals surface area contributed by atoms with Crippen LogP contribution in [0.2, 0.25) is 0 Å². The van der Waals surface area contributed by atoms with Crippen LogP contribution in [0.25, 0.3) is 0 Å². The van der Waals surface area contributed by atoms with Gasteiger partial charge in [0.25, 0.3) is 5.69 Å². The molecule has 0 aliphatic rings. The monoisotopic (exact) mass is 528 g/mol. The molecule has 2 N–H and O–H groups in total. The summed E-state index contributed by atoms with van der Waals surface area (Å²) < 4.78 is 0. The van der Waals surface area contributed by atoms with Gasteiger partial charge in [0.2, 0.25) is 0 Å². The number of non-ortho nitro benzene ring substituents is 1. The molecule has 9 heteroatoms. The van der Waals surface area contributed by atoms with Crippen molar-refractivity contribution in [2.75, 3.05) is 6.54 Å². The highest BCUT2D eigenvalue weighted by Crippen LogP contribution is 2.13. The molecule has 0 fully saturated rings. The third-order valence-corrected chi connectivity index (χ3v) is 5.63. The molecule has 148 valence electrons. The number of benzene rings is 1. The fraction of sp³-hybridized carbons (Fsp3) is 0.211. The highest BCUT2D eigenvalue weighted by atomic mass is 127. The van der Waals surface area contributed by atoms with Crippen molar-refractivity contribution in [3.63, 3.8) is 0 Å². The molecular formula is C19H21IN4O2S2. The van der Waals surface area contributed by atoms with E-state index in [0.29, 0.717) is 13.1 Å². The zero-order valence-electron chi connectivity index (χ0n) is 15.0. The second-order valence-electron chi connectivity index (χ2n) is 5.78. The predicted octanol–water partition coefficient (Wildman–Crippen LogP) is 4.81. The molecule has 0 saturated heterocycles. The Labute approximate surface area is 188 Å². The molecular weight excluding hydrogens is 507 g/mol. The Balaban J connectivity index is 0.00000280. The normalized spacial score (nSPS) is 10.9. The fourth-order valence-electron chi connectivity index (χ4n) is 2.41. The maximum absolute atomic E-state index is 10.8. The molecule has 1 aromatic carbocycles. The number of nitrogens with zero attached hydrogens (tertiary/aromatic N) is 2. The van der Waals surface area contributed by atoms with Gasteiger partial charge in [-0.1, -0.05) is 24.3 Å². The van der Waals surface area contributed by atoms with E-state index in [1.807, 2.05) is 6.07 Å². The Morgan fingerprint density at radius 1 is 1.00 bits per heavy atom. The Morgan fingerprint density at radius 3 is 2.29 bits per heavy atom. The Bertz CT molecular complexity index is 866. The molecule has 0 amide bonds. The first-order chi connectivity index (χ1) is 13.2. The van der Waals surface area contributed by atoms with E-state index in [4.69, 9.17) is 0 Å². The van der Waals surface area contributed by atoms with E-state index >= 15 is 0 Å². The largest absolute Gasteiger partial charge is 0.356 e. The lowest BCUT2D eigenvalue weighted by Gasteiger charge is -2.12. The van der Waals surface area contributed by atoms with Crippen molar-refractivity contribution in [2.45, 2.75) is 19.5 Å². The Morgan fingerprint density at radius 2 is 1.68 bits per heavy atom. The lowest BCUT2D eigenvalue weighted by Crippen LogP contribution is -2.37. The van der Waals surface area contributed by atoms with Crippen LogP contribution in [0, 0.1) is 10.1 Å². The highest BCUT2D eigenvalue weighted by Gasteiger charge is 2.05. The van der Waals surface area contributed by atoms with E-state index in [1.165, 1.54) is 21.9 Å². The zero-order valence-corrected chi connectivity index (χ0v) is 19.0. The lowest BCUT2D eigenvalue weighted by molar-refractivity contribution is -0.384. The first-order valence-electron chi connectivity index (χ1n) is 8.51. The van der Waals surface area contributed by atoms with Gasteiger partial charge in [-0.3, -0.25) is 10.1 Å². The molecule has 0 unspecified atom stereocenters. The second kappa shape index (κ2) is 11.8. The molecule has 3 aromatic rings. The van der Waals surface area contributed by atoms with Crippen molar-refractivity contribution in [1.82, 2.24) is 10.6 Å². The third kappa shape index (κ3) is 7.21. The van der Waals surface area contributed by atoms with Gasteiger partial charge < -0.3 is 10.6 Å². The predicted molar refractivity (Wildman–Crippen MR) is 127 cm³/mol. The maximum Gasteiger partial charge on any atom is 0.269 e. The average Bonchev–Trinajstić information content (AvgIpc) is 3.37. The molecule has 0 radical (unpaired) electrons. The molecule has 6 nitrogen and oxygen atoms in total. The number of halogens is 1. The first kappa shape index (κ1) is 22.3. The summed E-state index contributed by atoms with van der Waals surface area (Å²) in [6.07, 6.45) is 0.939. The average molecular weight is 528 g/mol. The summed E-state index contributed by atoms with van der Waals surface area (Å²) in [4.78, 5) is 17.5. The minimum atomic E-state index is -0.396. The maximum atomic E-state index is 10.8. The molecule has 0 spiro atoms. The molecule has 0 saturated carbocycles. The molecule has 2 heterocycles. The summed E-state index contributed by atoms with van der Waals surface area (Å²) in [5, 5.41) is 21.6. The third-order valence-electron chi connectivity index (χ3n) is 3.82. The molecule has 0 aliphatic heterocycles. The van der Waals surface area contributed by atoms with Gasteiger partial charge in [-0.25, -0.2) is 4.99 Å². The van der Waals surface area contributed by atoms with Crippen LogP contribution in [-0.4, -0.2) is 17.4 Å². The number of hydrogen-bond donors (Lipinski definition) is 2. The SMILES string of the molecule is I.O=[N+]([O-])c1ccc(CN=C(NCCc2cccs2)NCc2cccs2)cc1. The van der Waals surface area contributed by atoms with Crippen LogP contribution in [-0.2, 0) is 19.5 Å². The Kier molecular flexibility index (Phi) is 9.38. The minimum Gasteiger partial charge on any atom is -0.356 e. The number of nitrogens with one attached hydrogen (secondary N) is 2. The van der Waals surface area contributed by atoms with Crippen LogP contribution >= 0.6 is 46.7 Å². The number of guanidine groups is 1. The van der Waals surface area contributed by atoms with Crippen LogP contribution in [0.5, 0.6) is 0 Å². The summed E-state index contributed by atoms with van der Waals surface area (Å²) in [6, 6.07) is 14.8. The summed E-state index contributed by atoms with van der Waals surface area (Å²) in [5.74, 6) is 0.735. The van der Waals surface area contributed by atoms with Gasteiger partial charge in [-0.15, -0.1) is 46.7 Å². The van der Waals surface area contributed by atoms with E-state index < -0.39 is 4.92 Å². The first-order valence-corrected chi connectivity index (χ1v) is 10.3. The quantitative estimate of drug-likeness (QED) is 0.145. The van der Waals surface area contributed by atoms with Gasteiger partial charge in [0.05, 0.1) is 18.0 Å². The Hall–Kier alpha value is -1.98. The van der Waals surface area contributed by atoms with Gasteiger partial charge in [-0.05, 0) is 34.9 Å². The summed E-state index contributed by atoms with van der Waals surface area (Å²) in [6.45, 7) is 1.95. The zero-order chi connectivity index (χ0) is 18.9. The molecule has 0 aliphatic carbocycles. The smallest absolute Gasteiger partial charge is 0.269 e. The van der Waals surface area contributed by atoms with Crippen molar-refractivity contribution >= 4 is 58.3 Å². The summed E-state index contributed by atoms with van der Waals surface area (Å²) in [5.41, 5.74) is 1.02. The number of nitro benzene ring substituents is 1. The molecule has 0 bridgehead atoms. The number of thiophene rings is 2. The van der Waals surface area contributed by atoms with Crippen molar-refractivity contribution in [1.29, 1.82) is 0 Å². The van der Waals surface area contributed by atoms with Crippen LogP contribution in [0.15, 0.2) is 64.3 Å². The number of nitro groups is 1. The minimum absolute atomic E-state index is 0. The van der Waals surface area contributed by atoms with E-state index in [2.05, 4.69) is 44.6 Å². The van der Waals surface area contributed by atoms with Gasteiger partial charge >= 0.3 is 0 Å². The standard InChI is InChI=1S/C19H20N4O2S2.HI/c24-23(25)16-7-5-15(6-8-16)13-21-19(22-14-18-4-2-12-27-18)20-10-9-17-3-1-11-26-17;/h1-8,11-12H,9-10,13-14H2,(H2,20,21,22);1H. The number of aliphatic imine (C=N–C) groups is 1. The van der Waals surface area contributed by atoms with Crippen molar-refractivity contribution < 1.29 is 4.92 Å². The number of hydrogen-bond acceptors (Lipinski definition) is 5. The molecule has 2 aromatic heterocycles. The lowest BCUT2D eigenvalue weighted by atomic mass is 10.2. The summed E-state index contributed by atoms with van der Waals surface area (Å²) >= 11 is 3.44.